The van der Waals surface area contributed by atoms with Crippen LogP contribution in [0, 0.1) is 23.2 Å². The van der Waals surface area contributed by atoms with Crippen molar-refractivity contribution in [3.8, 4) is 0 Å². The zero-order chi connectivity index (χ0) is 14.9. The molecule has 0 aromatic heterocycles. The fourth-order valence-corrected chi connectivity index (χ4v) is 6.27. The summed E-state index contributed by atoms with van der Waals surface area (Å²) in [6, 6.07) is 11.1. The SMILES string of the molecule is NC(=S)C12CC3CC(c4ccccc4)(CC1/C3=C\C1CC1)C2. The largest absolute Gasteiger partial charge is 0.393 e. The molecule has 1 aromatic rings. The van der Waals surface area contributed by atoms with Crippen molar-refractivity contribution < 1.29 is 0 Å². The van der Waals surface area contributed by atoms with Crippen LogP contribution in [0.25, 0.3) is 0 Å². The van der Waals surface area contributed by atoms with E-state index in [1.54, 1.807) is 5.57 Å². The van der Waals surface area contributed by atoms with Crippen LogP contribution in [-0.2, 0) is 5.41 Å². The molecular formula is C20H23NS. The van der Waals surface area contributed by atoms with Crippen molar-refractivity contribution in [1.82, 2.24) is 0 Å². The Balaban J connectivity index is 1.61. The Bertz CT molecular complexity index is 674. The molecule has 0 saturated heterocycles. The van der Waals surface area contributed by atoms with Gasteiger partial charge in [0.2, 0.25) is 0 Å². The van der Waals surface area contributed by atoms with E-state index in [4.69, 9.17) is 18.0 Å². The highest BCUT2D eigenvalue weighted by molar-refractivity contribution is 7.80. The Labute approximate surface area is 138 Å². The van der Waals surface area contributed by atoms with Crippen LogP contribution in [0.5, 0.6) is 0 Å². The van der Waals surface area contributed by atoms with Crippen molar-refractivity contribution in [2.45, 2.75) is 43.9 Å². The molecule has 5 aliphatic carbocycles. The van der Waals surface area contributed by atoms with E-state index in [1.165, 1.54) is 44.1 Å². The smallest absolute Gasteiger partial charge is 0.0796 e. The van der Waals surface area contributed by atoms with Crippen LogP contribution in [0.3, 0.4) is 0 Å². The Morgan fingerprint density at radius 3 is 2.59 bits per heavy atom. The van der Waals surface area contributed by atoms with E-state index in [0.29, 0.717) is 11.3 Å². The van der Waals surface area contributed by atoms with E-state index in [9.17, 15) is 0 Å². The van der Waals surface area contributed by atoms with Crippen molar-refractivity contribution in [3.05, 3.63) is 47.5 Å². The molecule has 0 amide bonds. The maximum Gasteiger partial charge on any atom is 0.0796 e. The quantitative estimate of drug-likeness (QED) is 0.663. The molecule has 1 aromatic carbocycles. The molecule has 0 radical (unpaired) electrons. The Hall–Kier alpha value is -1.15. The number of allylic oxidation sites excluding steroid dienone is 2. The second-order valence-electron chi connectivity index (χ2n) is 8.21. The second kappa shape index (κ2) is 4.23. The van der Waals surface area contributed by atoms with Crippen LogP contribution < -0.4 is 5.73 Å². The van der Waals surface area contributed by atoms with Gasteiger partial charge in [-0.1, -0.05) is 54.2 Å². The van der Waals surface area contributed by atoms with Crippen LogP contribution in [0.15, 0.2) is 42.0 Å². The molecule has 5 saturated carbocycles. The molecule has 114 valence electrons. The highest BCUT2D eigenvalue weighted by Gasteiger charge is 2.67. The van der Waals surface area contributed by atoms with E-state index in [1.807, 2.05) is 0 Å². The predicted octanol–water partition coefficient (Wildman–Crippen LogP) is 4.37. The first-order valence-electron chi connectivity index (χ1n) is 8.70. The fraction of sp³-hybridized carbons (Fsp3) is 0.550. The van der Waals surface area contributed by atoms with E-state index < -0.39 is 0 Å². The summed E-state index contributed by atoms with van der Waals surface area (Å²) in [6.07, 6.45) is 10.4. The van der Waals surface area contributed by atoms with Gasteiger partial charge < -0.3 is 5.73 Å². The van der Waals surface area contributed by atoms with Gasteiger partial charge in [-0.25, -0.2) is 0 Å². The molecule has 1 nitrogen and oxygen atoms in total. The van der Waals surface area contributed by atoms with E-state index in [-0.39, 0.29) is 5.41 Å². The number of nitrogens with two attached hydrogens (primary N) is 1. The van der Waals surface area contributed by atoms with Crippen LogP contribution in [0.1, 0.15) is 44.1 Å². The molecule has 2 heteroatoms. The third kappa shape index (κ3) is 1.62. The zero-order valence-electron chi connectivity index (χ0n) is 12.9. The predicted molar refractivity (Wildman–Crippen MR) is 93.6 cm³/mol. The lowest BCUT2D eigenvalue weighted by atomic mass is 9.63. The van der Waals surface area contributed by atoms with Crippen molar-refractivity contribution in [2.24, 2.45) is 28.9 Å². The molecule has 2 N–H and O–H groups in total. The van der Waals surface area contributed by atoms with Gasteiger partial charge in [-0.05, 0) is 67.3 Å². The summed E-state index contributed by atoms with van der Waals surface area (Å²) in [4.78, 5) is 0.791. The first-order valence-corrected chi connectivity index (χ1v) is 9.11. The van der Waals surface area contributed by atoms with Crippen LogP contribution in [0.4, 0.5) is 0 Å². The first-order chi connectivity index (χ1) is 10.6. The number of thiocarbonyl (C=S) groups is 1. The molecule has 4 unspecified atom stereocenters. The normalized spacial score (nSPS) is 43.9. The van der Waals surface area contributed by atoms with Gasteiger partial charge in [-0.15, -0.1) is 0 Å². The van der Waals surface area contributed by atoms with E-state index in [0.717, 1.165) is 16.8 Å². The van der Waals surface area contributed by atoms with Crippen LogP contribution >= 0.6 is 12.2 Å². The second-order valence-corrected chi connectivity index (χ2v) is 8.65. The number of hydrogen-bond donors (Lipinski definition) is 1. The molecule has 0 spiro atoms. The molecule has 5 fully saturated rings. The first kappa shape index (κ1) is 13.3. The molecule has 4 atom stereocenters. The molecule has 4 bridgehead atoms. The average Bonchev–Trinajstić information content (AvgIpc) is 3.27. The maximum absolute atomic E-state index is 6.31. The zero-order valence-corrected chi connectivity index (χ0v) is 13.7. The monoisotopic (exact) mass is 309 g/mol. The van der Waals surface area contributed by atoms with Gasteiger partial charge in [0.05, 0.1) is 4.99 Å². The summed E-state index contributed by atoms with van der Waals surface area (Å²) in [7, 11) is 0. The van der Waals surface area contributed by atoms with Crippen molar-refractivity contribution >= 4 is 17.2 Å². The van der Waals surface area contributed by atoms with Gasteiger partial charge in [-0.3, -0.25) is 0 Å². The summed E-state index contributed by atoms with van der Waals surface area (Å²) >= 11 is 5.59. The minimum absolute atomic E-state index is 0.120. The minimum atomic E-state index is 0.120. The lowest BCUT2D eigenvalue weighted by Gasteiger charge is -2.41. The Kier molecular flexibility index (Phi) is 2.56. The summed E-state index contributed by atoms with van der Waals surface area (Å²) in [5.74, 6) is 2.23. The molecule has 6 rings (SSSR count). The molecule has 5 aliphatic rings. The fourth-order valence-electron chi connectivity index (χ4n) is 5.97. The third-order valence-electron chi connectivity index (χ3n) is 6.96. The third-order valence-corrected chi connectivity index (χ3v) is 7.37. The van der Waals surface area contributed by atoms with Gasteiger partial charge in [0, 0.05) is 5.41 Å². The lowest BCUT2D eigenvalue weighted by molar-refractivity contribution is 0.238. The molecule has 22 heavy (non-hydrogen) atoms. The summed E-state index contributed by atoms with van der Waals surface area (Å²) in [5, 5.41) is 0. The van der Waals surface area contributed by atoms with E-state index >= 15 is 0 Å². The number of rotatable bonds is 3. The molecule has 0 heterocycles. The number of benzene rings is 1. The van der Waals surface area contributed by atoms with Crippen molar-refractivity contribution in [1.29, 1.82) is 0 Å². The maximum atomic E-state index is 6.31. The van der Waals surface area contributed by atoms with E-state index in [2.05, 4.69) is 36.4 Å². The van der Waals surface area contributed by atoms with Crippen molar-refractivity contribution in [2.75, 3.05) is 0 Å². The minimum Gasteiger partial charge on any atom is -0.393 e. The number of hydrogen-bond acceptors (Lipinski definition) is 1. The highest BCUT2D eigenvalue weighted by atomic mass is 32.1. The van der Waals surface area contributed by atoms with Gasteiger partial charge in [0.25, 0.3) is 0 Å². The summed E-state index contributed by atoms with van der Waals surface area (Å²) in [6.45, 7) is 0. The van der Waals surface area contributed by atoms with Gasteiger partial charge >= 0.3 is 0 Å². The molecule has 0 aliphatic heterocycles. The molecular weight excluding hydrogens is 286 g/mol. The van der Waals surface area contributed by atoms with Crippen LogP contribution in [-0.4, -0.2) is 4.99 Å². The van der Waals surface area contributed by atoms with Crippen molar-refractivity contribution in [3.63, 3.8) is 0 Å². The van der Waals surface area contributed by atoms with Gasteiger partial charge in [0.1, 0.15) is 0 Å². The van der Waals surface area contributed by atoms with Gasteiger partial charge in [-0.2, -0.15) is 0 Å². The van der Waals surface area contributed by atoms with Gasteiger partial charge in [0.15, 0.2) is 0 Å². The summed E-state index contributed by atoms with van der Waals surface area (Å²) in [5.41, 5.74) is 10.0. The Morgan fingerprint density at radius 2 is 1.91 bits per heavy atom. The highest BCUT2D eigenvalue weighted by Crippen LogP contribution is 2.72. The van der Waals surface area contributed by atoms with Crippen LogP contribution in [0.2, 0.25) is 0 Å². The Morgan fingerprint density at radius 1 is 1.14 bits per heavy atom. The lowest BCUT2D eigenvalue weighted by Crippen LogP contribution is -2.40. The standard InChI is InChI=1S/C20H23NS/c21-18(22)20-10-14-9-19(12-20,15-4-2-1-3-5-15)11-17(20)16(14)8-13-6-7-13/h1-5,8,13-14,17H,6-7,9-12H2,(H2,21,22)/b16-8-. The topological polar surface area (TPSA) is 26.0 Å². The summed E-state index contributed by atoms with van der Waals surface area (Å²) < 4.78 is 0. The average molecular weight is 309 g/mol.